The summed E-state index contributed by atoms with van der Waals surface area (Å²) in [5.74, 6) is 0.0972. The predicted molar refractivity (Wildman–Crippen MR) is 75.0 cm³/mol. The summed E-state index contributed by atoms with van der Waals surface area (Å²) in [6, 6.07) is 5.46. The van der Waals surface area contributed by atoms with Crippen molar-refractivity contribution in [3.05, 3.63) is 35.4 Å². The lowest BCUT2D eigenvalue weighted by molar-refractivity contribution is -0.138. The van der Waals surface area contributed by atoms with Gasteiger partial charge in [0.2, 0.25) is 0 Å². The number of hydrogen-bond donors (Lipinski definition) is 3. The van der Waals surface area contributed by atoms with E-state index in [-0.39, 0.29) is 17.9 Å². The smallest absolute Gasteiger partial charge is 0.409 e. The number of nitrogens with one attached hydrogen (secondary N) is 1. The molecular weight excluding hydrogens is 283 g/mol. The van der Waals surface area contributed by atoms with Gasteiger partial charge in [0, 0.05) is 12.0 Å². The third-order valence-electron chi connectivity index (χ3n) is 3.37. The molecule has 0 bridgehead atoms. The van der Waals surface area contributed by atoms with Crippen LogP contribution in [0.4, 0.5) is 13.2 Å². The third kappa shape index (κ3) is 4.93. The van der Waals surface area contributed by atoms with E-state index in [9.17, 15) is 13.2 Å². The first-order valence-corrected chi connectivity index (χ1v) is 6.52. The van der Waals surface area contributed by atoms with Crippen molar-refractivity contribution in [3.8, 4) is 0 Å². The van der Waals surface area contributed by atoms with Crippen LogP contribution in [0.1, 0.15) is 31.4 Å². The number of rotatable bonds is 6. The largest absolute Gasteiger partial charge is 0.416 e. The highest BCUT2D eigenvalue weighted by molar-refractivity contribution is 5.85. The lowest BCUT2D eigenvalue weighted by atomic mass is 9.88. The Morgan fingerprint density at radius 3 is 2.48 bits per heavy atom. The van der Waals surface area contributed by atoms with Crippen molar-refractivity contribution in [1.29, 1.82) is 0 Å². The molecule has 0 aliphatic rings. The van der Waals surface area contributed by atoms with Gasteiger partial charge in [-0.05, 0) is 24.6 Å². The number of nitrogens with zero attached hydrogens (tertiary/aromatic N) is 1. The minimum Gasteiger partial charge on any atom is -0.409 e. The zero-order chi connectivity index (χ0) is 16.1. The molecule has 4 N–H and O–H groups in total. The molecule has 0 unspecified atom stereocenters. The number of amidine groups is 1. The van der Waals surface area contributed by atoms with Gasteiger partial charge in [-0.15, -0.1) is 0 Å². The molecule has 0 fully saturated rings. The summed E-state index contributed by atoms with van der Waals surface area (Å²) in [4.78, 5) is 0. The van der Waals surface area contributed by atoms with Gasteiger partial charge >= 0.3 is 6.18 Å². The highest BCUT2D eigenvalue weighted by Crippen LogP contribution is 2.31. The van der Waals surface area contributed by atoms with Crippen LogP contribution in [0.5, 0.6) is 0 Å². The van der Waals surface area contributed by atoms with Crippen LogP contribution in [0, 0.1) is 5.41 Å². The number of halogens is 3. The average molecular weight is 303 g/mol. The third-order valence-corrected chi connectivity index (χ3v) is 3.37. The molecule has 1 aromatic carbocycles. The van der Waals surface area contributed by atoms with Gasteiger partial charge < -0.3 is 16.3 Å². The van der Waals surface area contributed by atoms with Gasteiger partial charge in [-0.25, -0.2) is 0 Å². The maximum Gasteiger partial charge on any atom is 0.416 e. The summed E-state index contributed by atoms with van der Waals surface area (Å²) in [6.45, 7) is 4.16. The van der Waals surface area contributed by atoms with Gasteiger partial charge in [0.25, 0.3) is 0 Å². The van der Waals surface area contributed by atoms with Crippen LogP contribution < -0.4 is 11.1 Å². The second-order valence-electron chi connectivity index (χ2n) is 5.45. The average Bonchev–Trinajstić information content (AvgIpc) is 2.42. The van der Waals surface area contributed by atoms with Gasteiger partial charge in [-0.3, -0.25) is 0 Å². The molecule has 0 saturated heterocycles. The molecule has 21 heavy (non-hydrogen) atoms. The number of alkyl halides is 3. The number of hydrogen-bond acceptors (Lipinski definition) is 3. The molecule has 0 spiro atoms. The van der Waals surface area contributed by atoms with E-state index in [1.54, 1.807) is 19.9 Å². The van der Waals surface area contributed by atoms with Gasteiger partial charge in [-0.1, -0.05) is 37.2 Å². The van der Waals surface area contributed by atoms with Crippen LogP contribution in [-0.2, 0) is 12.7 Å². The molecule has 4 nitrogen and oxygen atoms in total. The van der Waals surface area contributed by atoms with Crippen molar-refractivity contribution in [1.82, 2.24) is 5.32 Å². The zero-order valence-corrected chi connectivity index (χ0v) is 12.0. The summed E-state index contributed by atoms with van der Waals surface area (Å²) in [7, 11) is 0. The SMILES string of the molecule is CC(C)(CCNCc1ccccc1C(F)(F)F)C(N)=NO. The minimum atomic E-state index is -4.36. The maximum atomic E-state index is 12.8. The van der Waals surface area contributed by atoms with E-state index in [4.69, 9.17) is 10.9 Å². The van der Waals surface area contributed by atoms with Crippen LogP contribution >= 0.6 is 0 Å². The number of benzene rings is 1. The highest BCUT2D eigenvalue weighted by Gasteiger charge is 2.32. The van der Waals surface area contributed by atoms with E-state index in [1.807, 2.05) is 0 Å². The van der Waals surface area contributed by atoms with Crippen molar-refractivity contribution in [3.63, 3.8) is 0 Å². The first-order valence-electron chi connectivity index (χ1n) is 6.52. The number of oxime groups is 1. The van der Waals surface area contributed by atoms with Gasteiger partial charge in [-0.2, -0.15) is 13.2 Å². The summed E-state index contributed by atoms with van der Waals surface area (Å²) in [6.07, 6.45) is -3.82. The summed E-state index contributed by atoms with van der Waals surface area (Å²) >= 11 is 0. The van der Waals surface area contributed by atoms with E-state index in [0.29, 0.717) is 13.0 Å². The normalized spacial score (nSPS) is 13.5. The molecule has 1 aromatic rings. The van der Waals surface area contributed by atoms with E-state index in [1.165, 1.54) is 12.1 Å². The Bertz CT molecular complexity index is 498. The fourth-order valence-electron chi connectivity index (χ4n) is 1.84. The Kier molecular flexibility index (Phi) is 5.60. The predicted octanol–water partition coefficient (Wildman–Crippen LogP) is 2.96. The van der Waals surface area contributed by atoms with Crippen molar-refractivity contribution in [2.24, 2.45) is 16.3 Å². The fraction of sp³-hybridized carbons (Fsp3) is 0.500. The standard InChI is InChI=1S/C14H20F3N3O/c1-13(2,12(18)20-21)7-8-19-9-10-5-3-4-6-11(10)14(15,16)17/h3-6,19,21H,7-9H2,1-2H3,(H2,18,20). The second kappa shape index (κ2) is 6.80. The molecule has 0 heterocycles. The molecule has 0 radical (unpaired) electrons. The first kappa shape index (κ1) is 17.3. The Morgan fingerprint density at radius 2 is 1.90 bits per heavy atom. The Balaban J connectivity index is 2.59. The molecule has 0 aromatic heterocycles. The zero-order valence-electron chi connectivity index (χ0n) is 12.0. The molecule has 0 saturated carbocycles. The van der Waals surface area contributed by atoms with Crippen LogP contribution in [0.3, 0.4) is 0 Å². The van der Waals surface area contributed by atoms with E-state index < -0.39 is 17.2 Å². The first-order chi connectivity index (χ1) is 9.68. The van der Waals surface area contributed by atoms with Gasteiger partial charge in [0.1, 0.15) is 5.84 Å². The monoisotopic (exact) mass is 303 g/mol. The highest BCUT2D eigenvalue weighted by atomic mass is 19.4. The molecule has 118 valence electrons. The maximum absolute atomic E-state index is 12.8. The summed E-state index contributed by atoms with van der Waals surface area (Å²) < 4.78 is 38.4. The Morgan fingerprint density at radius 1 is 1.29 bits per heavy atom. The van der Waals surface area contributed by atoms with Crippen LogP contribution in [-0.4, -0.2) is 17.6 Å². The molecular formula is C14H20F3N3O. The van der Waals surface area contributed by atoms with Crippen molar-refractivity contribution in [2.45, 2.75) is 33.0 Å². The Labute approximate surface area is 121 Å². The fourth-order valence-corrected chi connectivity index (χ4v) is 1.84. The molecule has 0 atom stereocenters. The van der Waals surface area contributed by atoms with Gasteiger partial charge in [0.05, 0.1) is 5.56 Å². The van der Waals surface area contributed by atoms with E-state index in [2.05, 4.69) is 10.5 Å². The Hall–Kier alpha value is -1.76. The van der Waals surface area contributed by atoms with Crippen molar-refractivity contribution in [2.75, 3.05) is 6.54 Å². The lowest BCUT2D eigenvalue weighted by Gasteiger charge is -2.23. The molecule has 1 rings (SSSR count). The summed E-state index contributed by atoms with van der Waals surface area (Å²) in [5, 5.41) is 14.6. The van der Waals surface area contributed by atoms with Crippen LogP contribution in [0.25, 0.3) is 0 Å². The van der Waals surface area contributed by atoms with E-state index in [0.717, 1.165) is 6.07 Å². The minimum absolute atomic E-state index is 0.0972. The lowest BCUT2D eigenvalue weighted by Crippen LogP contribution is -2.34. The molecule has 0 amide bonds. The van der Waals surface area contributed by atoms with Crippen LogP contribution in [0.2, 0.25) is 0 Å². The second-order valence-corrected chi connectivity index (χ2v) is 5.45. The van der Waals surface area contributed by atoms with E-state index >= 15 is 0 Å². The quantitative estimate of drug-likeness (QED) is 0.249. The number of nitrogens with two attached hydrogens (primary N) is 1. The molecule has 0 aliphatic carbocycles. The van der Waals surface area contributed by atoms with Crippen LogP contribution in [0.15, 0.2) is 29.4 Å². The van der Waals surface area contributed by atoms with Gasteiger partial charge in [0.15, 0.2) is 0 Å². The molecule has 0 aliphatic heterocycles. The summed E-state index contributed by atoms with van der Waals surface area (Å²) in [5.41, 5.74) is 4.60. The molecule has 7 heteroatoms. The van der Waals surface area contributed by atoms with Crippen molar-refractivity contribution >= 4 is 5.84 Å². The topological polar surface area (TPSA) is 70.6 Å². The van der Waals surface area contributed by atoms with Crippen molar-refractivity contribution < 1.29 is 18.4 Å².